The van der Waals surface area contributed by atoms with Crippen LogP contribution in [0.15, 0.2) is 48.9 Å². The van der Waals surface area contributed by atoms with Crippen molar-refractivity contribution in [3.8, 4) is 0 Å². The lowest BCUT2D eigenvalue weighted by Crippen LogP contribution is -2.23. The lowest BCUT2D eigenvalue weighted by Gasteiger charge is -2.10. The van der Waals surface area contributed by atoms with Crippen molar-refractivity contribution < 1.29 is 4.79 Å². The number of nitrogens with one attached hydrogen (secondary N) is 1. The van der Waals surface area contributed by atoms with Gasteiger partial charge in [0.15, 0.2) is 0 Å². The van der Waals surface area contributed by atoms with Crippen molar-refractivity contribution in [2.45, 2.75) is 6.54 Å². The average Bonchev–Trinajstić information content (AvgIpc) is 2.97. The number of rotatable bonds is 4. The Morgan fingerprint density at radius 1 is 1.32 bits per heavy atom. The molecule has 6 heteroatoms. The Balaban J connectivity index is 1.70. The molecule has 6 nitrogen and oxygen atoms in total. The second kappa shape index (κ2) is 5.85. The average molecular weight is 295 g/mol. The highest BCUT2D eigenvalue weighted by molar-refractivity contribution is 5.95. The Hall–Kier alpha value is -2.89. The van der Waals surface area contributed by atoms with Gasteiger partial charge in [-0.2, -0.15) is 0 Å². The van der Waals surface area contributed by atoms with Gasteiger partial charge in [-0.3, -0.25) is 4.79 Å². The lowest BCUT2D eigenvalue weighted by atomic mass is 10.3. The minimum Gasteiger partial charge on any atom is -0.347 e. The van der Waals surface area contributed by atoms with Gasteiger partial charge in [0.2, 0.25) is 5.95 Å². The number of aromatic nitrogens is 3. The summed E-state index contributed by atoms with van der Waals surface area (Å²) in [5.41, 5.74) is 2.40. The topological polar surface area (TPSA) is 62.5 Å². The van der Waals surface area contributed by atoms with Crippen molar-refractivity contribution in [2.75, 3.05) is 19.0 Å². The van der Waals surface area contributed by atoms with Crippen LogP contribution in [0.2, 0.25) is 0 Å². The molecule has 1 N–H and O–H groups in total. The summed E-state index contributed by atoms with van der Waals surface area (Å²) in [4.78, 5) is 22.6. The van der Waals surface area contributed by atoms with Crippen LogP contribution in [0.3, 0.4) is 0 Å². The number of carbonyl (C=O) groups excluding carboxylic acids is 1. The third kappa shape index (κ3) is 2.90. The molecule has 0 fully saturated rings. The number of amides is 1. The van der Waals surface area contributed by atoms with Gasteiger partial charge in [-0.25, -0.2) is 9.97 Å². The highest BCUT2D eigenvalue weighted by Crippen LogP contribution is 2.10. The quantitative estimate of drug-likeness (QED) is 0.796. The van der Waals surface area contributed by atoms with E-state index in [4.69, 9.17) is 0 Å². The highest BCUT2D eigenvalue weighted by atomic mass is 16.1. The summed E-state index contributed by atoms with van der Waals surface area (Å²) >= 11 is 0. The predicted octanol–water partition coefficient (Wildman–Crippen LogP) is 1.73. The molecule has 3 aromatic heterocycles. The van der Waals surface area contributed by atoms with Crippen LogP contribution in [-0.2, 0) is 6.54 Å². The number of hydrogen-bond acceptors (Lipinski definition) is 4. The van der Waals surface area contributed by atoms with Gasteiger partial charge in [0.25, 0.3) is 5.91 Å². The van der Waals surface area contributed by atoms with Crippen LogP contribution in [0.5, 0.6) is 0 Å². The zero-order valence-electron chi connectivity index (χ0n) is 12.5. The molecule has 0 aliphatic rings. The molecule has 3 rings (SSSR count). The van der Waals surface area contributed by atoms with Crippen LogP contribution < -0.4 is 10.2 Å². The molecule has 0 radical (unpaired) electrons. The van der Waals surface area contributed by atoms with E-state index in [2.05, 4.69) is 15.3 Å². The molecule has 0 bridgehead atoms. The molecule has 0 saturated carbocycles. The number of carbonyl (C=O) groups is 1. The molecular formula is C16H17N5O. The second-order valence-corrected chi connectivity index (χ2v) is 5.19. The monoisotopic (exact) mass is 295 g/mol. The van der Waals surface area contributed by atoms with Crippen LogP contribution in [-0.4, -0.2) is 34.4 Å². The van der Waals surface area contributed by atoms with Crippen molar-refractivity contribution in [3.05, 3.63) is 60.2 Å². The van der Waals surface area contributed by atoms with E-state index in [9.17, 15) is 4.79 Å². The van der Waals surface area contributed by atoms with Crippen LogP contribution in [0.4, 0.5) is 5.95 Å². The van der Waals surface area contributed by atoms with Crippen molar-refractivity contribution in [1.29, 1.82) is 0 Å². The van der Waals surface area contributed by atoms with E-state index in [1.54, 1.807) is 12.3 Å². The Morgan fingerprint density at radius 3 is 2.95 bits per heavy atom. The molecule has 0 spiro atoms. The zero-order chi connectivity index (χ0) is 15.5. The smallest absolute Gasteiger partial charge is 0.253 e. The Morgan fingerprint density at radius 2 is 2.18 bits per heavy atom. The standard InChI is InChI=1S/C16H17N5O/c1-20(2)16-17-7-6-13(19-16)10-18-15(22)12-9-14-5-3-4-8-21(14)11-12/h3-9,11H,10H2,1-2H3,(H,18,22). The second-order valence-electron chi connectivity index (χ2n) is 5.19. The predicted molar refractivity (Wildman–Crippen MR) is 84.9 cm³/mol. The van der Waals surface area contributed by atoms with E-state index in [0.29, 0.717) is 18.1 Å². The first-order valence-electron chi connectivity index (χ1n) is 6.97. The SMILES string of the molecule is CN(C)c1nccc(CNC(=O)c2cc3ccccn3c2)n1. The molecule has 0 aliphatic heterocycles. The van der Waals surface area contributed by atoms with Gasteiger partial charge in [0.05, 0.1) is 17.8 Å². The van der Waals surface area contributed by atoms with Gasteiger partial charge in [-0.15, -0.1) is 0 Å². The minimum atomic E-state index is -0.117. The lowest BCUT2D eigenvalue weighted by molar-refractivity contribution is 0.0950. The van der Waals surface area contributed by atoms with Gasteiger partial charge in [0, 0.05) is 38.2 Å². The third-order valence-electron chi connectivity index (χ3n) is 3.30. The Bertz CT molecular complexity index is 776. The molecule has 3 heterocycles. The summed E-state index contributed by atoms with van der Waals surface area (Å²) in [6.07, 6.45) is 5.42. The molecule has 1 amide bonds. The number of pyridine rings is 1. The van der Waals surface area contributed by atoms with E-state index in [0.717, 1.165) is 11.2 Å². The number of hydrogen-bond donors (Lipinski definition) is 1. The summed E-state index contributed by atoms with van der Waals surface area (Å²) in [7, 11) is 3.76. The van der Waals surface area contributed by atoms with Crippen LogP contribution in [0.25, 0.3) is 5.52 Å². The third-order valence-corrected chi connectivity index (χ3v) is 3.30. The first-order chi connectivity index (χ1) is 10.6. The van der Waals surface area contributed by atoms with Crippen molar-refractivity contribution in [2.24, 2.45) is 0 Å². The van der Waals surface area contributed by atoms with Crippen LogP contribution in [0, 0.1) is 0 Å². The maximum Gasteiger partial charge on any atom is 0.253 e. The molecule has 22 heavy (non-hydrogen) atoms. The van der Waals surface area contributed by atoms with Gasteiger partial charge in [-0.1, -0.05) is 6.07 Å². The van der Waals surface area contributed by atoms with E-state index >= 15 is 0 Å². The number of nitrogens with zero attached hydrogens (tertiary/aromatic N) is 4. The maximum absolute atomic E-state index is 12.2. The van der Waals surface area contributed by atoms with Crippen LogP contribution >= 0.6 is 0 Å². The molecule has 0 atom stereocenters. The minimum absolute atomic E-state index is 0.117. The molecule has 0 aromatic carbocycles. The Labute approximate surface area is 128 Å². The van der Waals surface area contributed by atoms with Crippen LogP contribution in [0.1, 0.15) is 16.1 Å². The molecular weight excluding hydrogens is 278 g/mol. The van der Waals surface area contributed by atoms with Crippen molar-refractivity contribution in [1.82, 2.24) is 19.7 Å². The number of anilines is 1. The van der Waals surface area contributed by atoms with E-state index in [1.807, 2.05) is 60.1 Å². The maximum atomic E-state index is 12.2. The summed E-state index contributed by atoms with van der Waals surface area (Å²) in [6.45, 7) is 0.369. The van der Waals surface area contributed by atoms with E-state index in [-0.39, 0.29) is 5.91 Å². The van der Waals surface area contributed by atoms with Crippen molar-refractivity contribution in [3.63, 3.8) is 0 Å². The zero-order valence-corrected chi connectivity index (χ0v) is 12.5. The van der Waals surface area contributed by atoms with Gasteiger partial charge in [0.1, 0.15) is 0 Å². The van der Waals surface area contributed by atoms with Gasteiger partial charge < -0.3 is 14.6 Å². The highest BCUT2D eigenvalue weighted by Gasteiger charge is 2.09. The van der Waals surface area contributed by atoms with Gasteiger partial charge in [-0.05, 0) is 24.3 Å². The Kier molecular flexibility index (Phi) is 3.74. The summed E-state index contributed by atoms with van der Waals surface area (Å²) in [5, 5.41) is 2.88. The fourth-order valence-electron chi connectivity index (χ4n) is 2.15. The summed E-state index contributed by atoms with van der Waals surface area (Å²) in [6, 6.07) is 9.49. The molecule has 3 aromatic rings. The molecule has 112 valence electrons. The van der Waals surface area contributed by atoms with Gasteiger partial charge >= 0.3 is 0 Å². The normalized spacial score (nSPS) is 10.6. The number of fused-ring (bicyclic) bond motifs is 1. The molecule has 0 aliphatic carbocycles. The fraction of sp³-hybridized carbons (Fsp3) is 0.188. The van der Waals surface area contributed by atoms with Crippen molar-refractivity contribution >= 4 is 17.4 Å². The summed E-state index contributed by atoms with van der Waals surface area (Å²) in [5.74, 6) is 0.509. The van der Waals surface area contributed by atoms with E-state index in [1.165, 1.54) is 0 Å². The molecule has 0 unspecified atom stereocenters. The van der Waals surface area contributed by atoms with E-state index < -0.39 is 0 Å². The first-order valence-corrected chi connectivity index (χ1v) is 6.97. The summed E-state index contributed by atoms with van der Waals surface area (Å²) < 4.78 is 1.92. The molecule has 0 saturated heterocycles. The largest absolute Gasteiger partial charge is 0.347 e. The first kappa shape index (κ1) is 14.1. The fourth-order valence-corrected chi connectivity index (χ4v) is 2.15.